The van der Waals surface area contributed by atoms with E-state index in [1.165, 1.54) is 0 Å². The number of aryl methyl sites for hydroxylation is 2. The van der Waals surface area contributed by atoms with Gasteiger partial charge in [0, 0.05) is 25.6 Å². The Labute approximate surface area is 106 Å². The van der Waals surface area contributed by atoms with E-state index in [9.17, 15) is 0 Å². The van der Waals surface area contributed by atoms with E-state index in [1.807, 2.05) is 17.5 Å². The number of hydrogen-bond donors (Lipinski definition) is 0. The summed E-state index contributed by atoms with van der Waals surface area (Å²) in [6.07, 6.45) is 0.841. The van der Waals surface area contributed by atoms with Crippen molar-refractivity contribution in [2.24, 2.45) is 0 Å². The monoisotopic (exact) mass is 247 g/mol. The minimum absolute atomic E-state index is 0.763. The molecule has 3 heterocycles. The van der Waals surface area contributed by atoms with E-state index >= 15 is 0 Å². The van der Waals surface area contributed by atoms with Crippen LogP contribution in [0.3, 0.4) is 0 Å². The Kier molecular flexibility index (Phi) is 2.87. The second kappa shape index (κ2) is 4.53. The molecule has 0 aliphatic carbocycles. The van der Waals surface area contributed by atoms with Crippen LogP contribution in [0.4, 0.5) is 5.82 Å². The van der Waals surface area contributed by atoms with Gasteiger partial charge in [-0.05, 0) is 6.92 Å². The highest BCUT2D eigenvalue weighted by atomic mass is 16.5. The molecule has 0 saturated carbocycles. The molecule has 1 aliphatic heterocycles. The second-order valence-corrected chi connectivity index (χ2v) is 4.41. The molecule has 0 atom stereocenters. The summed E-state index contributed by atoms with van der Waals surface area (Å²) < 4.78 is 7.17. The van der Waals surface area contributed by atoms with Gasteiger partial charge in [-0.25, -0.2) is 9.97 Å². The number of anilines is 1. The molecule has 0 bridgehead atoms. The number of ether oxygens (including phenoxy) is 1. The third kappa shape index (κ3) is 1.92. The molecule has 2 aromatic rings. The number of rotatable bonds is 2. The maximum Gasteiger partial charge on any atom is 0.161 e. The standard InChI is InChI=1S/C12H17N5O/c1-3-10-14-12-8-11(13-9(2)17(12)15-10)16-4-6-18-7-5-16/h8H,3-7H2,1-2H3. The van der Waals surface area contributed by atoms with Crippen molar-refractivity contribution in [3.63, 3.8) is 0 Å². The molecule has 1 fully saturated rings. The van der Waals surface area contributed by atoms with Gasteiger partial charge in [0.15, 0.2) is 11.5 Å². The average molecular weight is 247 g/mol. The summed E-state index contributed by atoms with van der Waals surface area (Å²) in [4.78, 5) is 11.3. The molecule has 18 heavy (non-hydrogen) atoms. The van der Waals surface area contributed by atoms with Gasteiger partial charge < -0.3 is 9.64 Å². The molecular weight excluding hydrogens is 230 g/mol. The molecule has 3 rings (SSSR count). The summed E-state index contributed by atoms with van der Waals surface area (Å²) in [6, 6.07) is 2.00. The highest BCUT2D eigenvalue weighted by Gasteiger charge is 2.15. The molecule has 0 unspecified atom stereocenters. The number of morpholine rings is 1. The Morgan fingerprint density at radius 1 is 1.28 bits per heavy atom. The molecular formula is C12H17N5O. The molecule has 0 N–H and O–H groups in total. The van der Waals surface area contributed by atoms with Crippen LogP contribution in [-0.2, 0) is 11.2 Å². The first-order valence-electron chi connectivity index (χ1n) is 6.34. The molecule has 0 radical (unpaired) electrons. The molecule has 0 amide bonds. The van der Waals surface area contributed by atoms with Gasteiger partial charge >= 0.3 is 0 Å². The molecule has 96 valence electrons. The lowest BCUT2D eigenvalue weighted by Gasteiger charge is -2.27. The van der Waals surface area contributed by atoms with Crippen LogP contribution in [0.15, 0.2) is 6.07 Å². The fraction of sp³-hybridized carbons (Fsp3) is 0.583. The van der Waals surface area contributed by atoms with Gasteiger partial charge in [0.05, 0.1) is 13.2 Å². The van der Waals surface area contributed by atoms with Crippen LogP contribution in [-0.4, -0.2) is 45.9 Å². The Morgan fingerprint density at radius 2 is 2.06 bits per heavy atom. The Balaban J connectivity index is 2.02. The number of hydrogen-bond acceptors (Lipinski definition) is 5. The van der Waals surface area contributed by atoms with E-state index in [-0.39, 0.29) is 0 Å². The maximum atomic E-state index is 5.36. The lowest BCUT2D eigenvalue weighted by Crippen LogP contribution is -2.37. The van der Waals surface area contributed by atoms with Gasteiger partial charge in [-0.15, -0.1) is 5.10 Å². The van der Waals surface area contributed by atoms with Crippen LogP contribution in [0, 0.1) is 6.92 Å². The van der Waals surface area contributed by atoms with Crippen molar-refractivity contribution < 1.29 is 4.74 Å². The maximum absolute atomic E-state index is 5.36. The summed E-state index contributed by atoms with van der Waals surface area (Å²) in [5.74, 6) is 2.71. The van der Waals surface area contributed by atoms with Crippen LogP contribution >= 0.6 is 0 Å². The summed E-state index contributed by atoms with van der Waals surface area (Å²) >= 11 is 0. The third-order valence-corrected chi connectivity index (χ3v) is 3.17. The Hall–Kier alpha value is -1.69. The normalized spacial score (nSPS) is 16.4. The number of nitrogens with zero attached hydrogens (tertiary/aromatic N) is 5. The van der Waals surface area contributed by atoms with E-state index in [0.717, 1.165) is 55.8 Å². The molecule has 1 saturated heterocycles. The molecule has 0 aromatic carbocycles. The van der Waals surface area contributed by atoms with Gasteiger partial charge in [0.1, 0.15) is 11.6 Å². The number of aromatic nitrogens is 4. The zero-order valence-corrected chi connectivity index (χ0v) is 10.8. The minimum atomic E-state index is 0.763. The van der Waals surface area contributed by atoms with E-state index in [2.05, 4.69) is 26.9 Å². The fourth-order valence-electron chi connectivity index (χ4n) is 2.17. The van der Waals surface area contributed by atoms with Gasteiger partial charge in [-0.2, -0.15) is 4.52 Å². The minimum Gasteiger partial charge on any atom is -0.378 e. The molecule has 6 heteroatoms. The predicted molar refractivity (Wildman–Crippen MR) is 67.9 cm³/mol. The van der Waals surface area contributed by atoms with E-state index in [4.69, 9.17) is 4.74 Å². The Bertz CT molecular complexity index is 559. The van der Waals surface area contributed by atoms with Crippen molar-refractivity contribution in [1.29, 1.82) is 0 Å². The van der Waals surface area contributed by atoms with E-state index < -0.39 is 0 Å². The van der Waals surface area contributed by atoms with Crippen LogP contribution < -0.4 is 4.90 Å². The smallest absolute Gasteiger partial charge is 0.161 e. The Morgan fingerprint density at radius 3 is 2.78 bits per heavy atom. The molecule has 0 spiro atoms. The predicted octanol–water partition coefficient (Wildman–Crippen LogP) is 0.832. The van der Waals surface area contributed by atoms with Crippen molar-refractivity contribution in [3.8, 4) is 0 Å². The van der Waals surface area contributed by atoms with Gasteiger partial charge in [-0.3, -0.25) is 0 Å². The van der Waals surface area contributed by atoms with Crippen molar-refractivity contribution in [2.75, 3.05) is 31.2 Å². The lowest BCUT2D eigenvalue weighted by molar-refractivity contribution is 0.122. The van der Waals surface area contributed by atoms with E-state index in [0.29, 0.717) is 0 Å². The zero-order chi connectivity index (χ0) is 12.5. The average Bonchev–Trinajstić information content (AvgIpc) is 2.83. The van der Waals surface area contributed by atoms with Crippen LogP contribution in [0.5, 0.6) is 0 Å². The van der Waals surface area contributed by atoms with Crippen LogP contribution in [0.1, 0.15) is 18.6 Å². The summed E-state index contributed by atoms with van der Waals surface area (Å²) in [5.41, 5.74) is 0.876. The molecule has 6 nitrogen and oxygen atoms in total. The summed E-state index contributed by atoms with van der Waals surface area (Å²) in [5, 5.41) is 4.42. The van der Waals surface area contributed by atoms with Gasteiger partial charge in [-0.1, -0.05) is 6.92 Å². The number of fused-ring (bicyclic) bond motifs is 1. The van der Waals surface area contributed by atoms with E-state index in [1.54, 1.807) is 0 Å². The molecule has 2 aromatic heterocycles. The lowest BCUT2D eigenvalue weighted by atomic mass is 10.4. The summed E-state index contributed by atoms with van der Waals surface area (Å²) in [6.45, 7) is 7.32. The van der Waals surface area contributed by atoms with Crippen LogP contribution in [0.25, 0.3) is 5.65 Å². The first kappa shape index (κ1) is 11.4. The van der Waals surface area contributed by atoms with Gasteiger partial charge in [0.2, 0.25) is 0 Å². The topological polar surface area (TPSA) is 55.5 Å². The van der Waals surface area contributed by atoms with Crippen LogP contribution in [0.2, 0.25) is 0 Å². The van der Waals surface area contributed by atoms with Crippen molar-refractivity contribution in [2.45, 2.75) is 20.3 Å². The van der Waals surface area contributed by atoms with Crippen molar-refractivity contribution in [3.05, 3.63) is 17.7 Å². The largest absolute Gasteiger partial charge is 0.378 e. The van der Waals surface area contributed by atoms with Crippen molar-refractivity contribution >= 4 is 11.5 Å². The molecule has 1 aliphatic rings. The first-order valence-corrected chi connectivity index (χ1v) is 6.34. The fourth-order valence-corrected chi connectivity index (χ4v) is 2.17. The van der Waals surface area contributed by atoms with Crippen molar-refractivity contribution in [1.82, 2.24) is 19.6 Å². The van der Waals surface area contributed by atoms with Gasteiger partial charge in [0.25, 0.3) is 0 Å². The zero-order valence-electron chi connectivity index (χ0n) is 10.8. The second-order valence-electron chi connectivity index (χ2n) is 4.41. The third-order valence-electron chi connectivity index (χ3n) is 3.17. The highest BCUT2D eigenvalue weighted by Crippen LogP contribution is 2.16. The summed E-state index contributed by atoms with van der Waals surface area (Å²) in [7, 11) is 0. The first-order chi connectivity index (χ1) is 8.78. The SMILES string of the molecule is CCc1nc2cc(N3CCOCC3)nc(C)n2n1. The quantitative estimate of drug-likeness (QED) is 0.787. The highest BCUT2D eigenvalue weighted by molar-refractivity contribution is 5.51.